The summed E-state index contributed by atoms with van der Waals surface area (Å²) in [5, 5.41) is 4.50. The molecule has 0 aliphatic carbocycles. The molecule has 1 aromatic rings. The molecule has 116 valence electrons. The molecule has 1 aliphatic rings. The topological polar surface area (TPSA) is 59.6 Å². The molecule has 1 saturated heterocycles. The summed E-state index contributed by atoms with van der Waals surface area (Å²) in [6.07, 6.45) is 0.423. The molecule has 2 amide bonds. The highest BCUT2D eigenvalue weighted by Gasteiger charge is 2.30. The van der Waals surface area contributed by atoms with Crippen molar-refractivity contribution >= 4 is 23.3 Å². The third-order valence-corrected chi connectivity index (χ3v) is 3.23. The van der Waals surface area contributed by atoms with Gasteiger partial charge in [0.15, 0.2) is 17.4 Å². The number of hydrogen-bond acceptors (Lipinski definition) is 3. The van der Waals surface area contributed by atoms with E-state index in [-0.39, 0.29) is 11.6 Å². The molecule has 21 heavy (non-hydrogen) atoms. The fraction of sp³-hybridized carbons (Fsp3) is 0.462. The summed E-state index contributed by atoms with van der Waals surface area (Å²) < 4.78 is 37.7. The van der Waals surface area contributed by atoms with Crippen LogP contribution in [-0.2, 0) is 9.47 Å². The van der Waals surface area contributed by atoms with Crippen molar-refractivity contribution in [1.29, 1.82) is 0 Å². The highest BCUT2D eigenvalue weighted by atomic mass is 35.5. The Hall–Kier alpha value is -1.44. The fourth-order valence-corrected chi connectivity index (χ4v) is 2.12. The van der Waals surface area contributed by atoms with Gasteiger partial charge in [-0.1, -0.05) is 11.6 Å². The van der Waals surface area contributed by atoms with Gasteiger partial charge in [-0.3, -0.25) is 0 Å². The first-order chi connectivity index (χ1) is 9.89. The van der Waals surface area contributed by atoms with Gasteiger partial charge in [0, 0.05) is 18.0 Å². The lowest BCUT2D eigenvalue weighted by molar-refractivity contribution is -0.145. The van der Waals surface area contributed by atoms with E-state index in [1.165, 1.54) is 0 Å². The van der Waals surface area contributed by atoms with Gasteiger partial charge < -0.3 is 20.1 Å². The van der Waals surface area contributed by atoms with Crippen molar-refractivity contribution in [1.82, 2.24) is 5.32 Å². The van der Waals surface area contributed by atoms with Crippen molar-refractivity contribution in [3.8, 4) is 0 Å². The van der Waals surface area contributed by atoms with E-state index in [4.69, 9.17) is 21.1 Å². The van der Waals surface area contributed by atoms with Crippen LogP contribution in [0.25, 0.3) is 0 Å². The number of hydrogen-bond donors (Lipinski definition) is 2. The zero-order valence-corrected chi connectivity index (χ0v) is 12.1. The predicted octanol–water partition coefficient (Wildman–Crippen LogP) is 2.89. The molecule has 0 radical (unpaired) electrons. The second kappa shape index (κ2) is 6.55. The zero-order valence-electron chi connectivity index (χ0n) is 11.3. The number of halogens is 3. The van der Waals surface area contributed by atoms with Crippen LogP contribution >= 0.6 is 11.6 Å². The highest BCUT2D eigenvalue weighted by molar-refractivity contribution is 6.30. The van der Waals surface area contributed by atoms with Gasteiger partial charge in [-0.2, -0.15) is 0 Å². The third-order valence-electron chi connectivity index (χ3n) is 3.01. The first kappa shape index (κ1) is 15.9. The van der Waals surface area contributed by atoms with E-state index < -0.39 is 29.1 Å². The number of benzene rings is 1. The molecule has 0 aromatic heterocycles. The van der Waals surface area contributed by atoms with Crippen LogP contribution in [0.4, 0.5) is 19.3 Å². The second-order valence-electron chi connectivity index (χ2n) is 4.71. The van der Waals surface area contributed by atoms with Crippen molar-refractivity contribution in [2.75, 3.05) is 25.1 Å². The second-order valence-corrected chi connectivity index (χ2v) is 5.14. The highest BCUT2D eigenvalue weighted by Crippen LogP contribution is 2.24. The van der Waals surface area contributed by atoms with Gasteiger partial charge in [0.25, 0.3) is 0 Å². The maximum atomic E-state index is 13.5. The minimum absolute atomic E-state index is 0.0839. The number of nitrogens with one attached hydrogen (secondary N) is 2. The van der Waals surface area contributed by atoms with Gasteiger partial charge in [-0.05, 0) is 19.1 Å². The maximum Gasteiger partial charge on any atom is 0.319 e. The molecular formula is C13H15ClF2N2O3. The summed E-state index contributed by atoms with van der Waals surface area (Å²) in [7, 11) is 0. The molecule has 0 atom stereocenters. The number of rotatable bonds is 4. The van der Waals surface area contributed by atoms with Crippen molar-refractivity contribution < 1.29 is 23.0 Å². The SMILES string of the molecule is CC1(CCNC(=O)Nc2c(F)cc(Cl)cc2F)OCCO1. The third kappa shape index (κ3) is 4.26. The average Bonchev–Trinajstić information content (AvgIpc) is 2.81. The lowest BCUT2D eigenvalue weighted by atomic mass is 10.2. The van der Waals surface area contributed by atoms with E-state index in [0.29, 0.717) is 19.6 Å². The molecular weight excluding hydrogens is 306 g/mol. The first-order valence-electron chi connectivity index (χ1n) is 6.37. The Bertz CT molecular complexity index is 513. The van der Waals surface area contributed by atoms with Crippen LogP contribution < -0.4 is 10.6 Å². The van der Waals surface area contributed by atoms with Gasteiger partial charge in [0.1, 0.15) is 5.69 Å². The van der Waals surface area contributed by atoms with Crippen LogP contribution in [-0.4, -0.2) is 31.6 Å². The standard InChI is InChI=1S/C13H15ClF2N2O3/c1-13(20-4-5-21-13)2-3-17-12(19)18-11-9(15)6-8(14)7-10(11)16/h6-7H,2-5H2,1H3,(H2,17,18,19). The van der Waals surface area contributed by atoms with E-state index in [9.17, 15) is 13.6 Å². The number of urea groups is 1. The Morgan fingerprint density at radius 3 is 2.48 bits per heavy atom. The molecule has 0 saturated carbocycles. The Kier molecular flexibility index (Phi) is 4.97. The number of anilines is 1. The summed E-state index contributed by atoms with van der Waals surface area (Å²) in [4.78, 5) is 11.6. The molecule has 0 spiro atoms. The zero-order chi connectivity index (χ0) is 15.5. The summed E-state index contributed by atoms with van der Waals surface area (Å²) in [5.41, 5.74) is -0.545. The number of ether oxygens (including phenoxy) is 2. The largest absolute Gasteiger partial charge is 0.348 e. The normalized spacial score (nSPS) is 16.8. The van der Waals surface area contributed by atoms with E-state index in [1.54, 1.807) is 6.92 Å². The lowest BCUT2D eigenvalue weighted by Crippen LogP contribution is -2.36. The van der Waals surface area contributed by atoms with Crippen molar-refractivity contribution in [3.05, 3.63) is 28.8 Å². The van der Waals surface area contributed by atoms with Crippen LogP contribution in [0.2, 0.25) is 5.02 Å². The van der Waals surface area contributed by atoms with Gasteiger partial charge in [0.05, 0.1) is 13.2 Å². The molecule has 2 N–H and O–H groups in total. The van der Waals surface area contributed by atoms with E-state index in [0.717, 1.165) is 12.1 Å². The van der Waals surface area contributed by atoms with Crippen LogP contribution in [0.5, 0.6) is 0 Å². The number of carbonyl (C=O) groups is 1. The van der Waals surface area contributed by atoms with Crippen LogP contribution in [0, 0.1) is 11.6 Å². The Labute approximate surface area is 125 Å². The Morgan fingerprint density at radius 1 is 1.33 bits per heavy atom. The van der Waals surface area contributed by atoms with Crippen molar-refractivity contribution in [3.63, 3.8) is 0 Å². The predicted molar refractivity (Wildman–Crippen MR) is 73.3 cm³/mol. The quantitative estimate of drug-likeness (QED) is 0.897. The molecule has 0 unspecified atom stereocenters. The molecule has 1 fully saturated rings. The molecule has 2 rings (SSSR count). The first-order valence-corrected chi connectivity index (χ1v) is 6.75. The van der Waals surface area contributed by atoms with Crippen LogP contribution in [0.1, 0.15) is 13.3 Å². The van der Waals surface area contributed by atoms with Crippen molar-refractivity contribution in [2.24, 2.45) is 0 Å². The van der Waals surface area contributed by atoms with Gasteiger partial charge in [-0.15, -0.1) is 0 Å². The number of carbonyl (C=O) groups excluding carboxylic acids is 1. The van der Waals surface area contributed by atoms with E-state index in [2.05, 4.69) is 10.6 Å². The maximum absolute atomic E-state index is 13.5. The minimum Gasteiger partial charge on any atom is -0.348 e. The molecule has 1 aromatic carbocycles. The lowest BCUT2D eigenvalue weighted by Gasteiger charge is -2.22. The van der Waals surface area contributed by atoms with E-state index in [1.807, 2.05) is 0 Å². The van der Waals surface area contributed by atoms with Gasteiger partial charge in [-0.25, -0.2) is 13.6 Å². The summed E-state index contributed by atoms with van der Waals surface area (Å²) >= 11 is 5.49. The molecule has 5 nitrogen and oxygen atoms in total. The summed E-state index contributed by atoms with van der Waals surface area (Å²) in [5.74, 6) is -2.61. The molecule has 0 bridgehead atoms. The van der Waals surface area contributed by atoms with Crippen molar-refractivity contribution in [2.45, 2.75) is 19.1 Å². The van der Waals surface area contributed by atoms with Crippen LogP contribution in [0.3, 0.4) is 0 Å². The minimum atomic E-state index is -0.940. The fourth-order valence-electron chi connectivity index (χ4n) is 1.92. The van der Waals surface area contributed by atoms with E-state index >= 15 is 0 Å². The summed E-state index contributed by atoms with van der Waals surface area (Å²) in [6.45, 7) is 3.01. The Balaban J connectivity index is 1.85. The van der Waals surface area contributed by atoms with Gasteiger partial charge >= 0.3 is 6.03 Å². The number of amides is 2. The molecule has 8 heteroatoms. The van der Waals surface area contributed by atoms with Crippen LogP contribution in [0.15, 0.2) is 12.1 Å². The Morgan fingerprint density at radius 2 is 1.90 bits per heavy atom. The molecule has 1 aliphatic heterocycles. The average molecular weight is 321 g/mol. The smallest absolute Gasteiger partial charge is 0.319 e. The summed E-state index contributed by atoms with van der Waals surface area (Å²) in [6, 6.07) is 1.11. The molecule has 1 heterocycles. The monoisotopic (exact) mass is 320 g/mol. The van der Waals surface area contributed by atoms with Gasteiger partial charge in [0.2, 0.25) is 0 Å².